The normalized spacial score (nSPS) is 10.1. The van der Waals surface area contributed by atoms with Gasteiger partial charge in [-0.3, -0.25) is 0 Å². The standard InChI is InChI=1S/C22H26/c1-3-5-7-19-9-13-21(14-10-19)17-18-22-15-11-20(12-16-22)8-6-4-2/h9-16H,3-8H2,1-2H3. The van der Waals surface area contributed by atoms with E-state index in [9.17, 15) is 0 Å². The third kappa shape index (κ3) is 5.41. The first-order valence-electron chi connectivity index (χ1n) is 8.51. The second kappa shape index (κ2) is 9.11. The van der Waals surface area contributed by atoms with Crippen LogP contribution in [0.15, 0.2) is 48.5 Å². The highest BCUT2D eigenvalue weighted by Crippen LogP contribution is 2.09. The van der Waals surface area contributed by atoms with Crippen molar-refractivity contribution < 1.29 is 0 Å². The molecule has 0 bridgehead atoms. The molecule has 0 amide bonds. The molecular weight excluding hydrogens is 264 g/mol. The lowest BCUT2D eigenvalue weighted by atomic mass is 10.1. The molecule has 0 aliphatic heterocycles. The molecular formula is C22H26. The average Bonchev–Trinajstić information content (AvgIpc) is 2.58. The van der Waals surface area contributed by atoms with Crippen molar-refractivity contribution in [3.63, 3.8) is 0 Å². The first-order chi connectivity index (χ1) is 10.8. The number of hydrogen-bond donors (Lipinski definition) is 0. The Morgan fingerprint density at radius 2 is 0.955 bits per heavy atom. The third-order valence-electron chi connectivity index (χ3n) is 3.90. The van der Waals surface area contributed by atoms with Crippen LogP contribution in [0, 0.1) is 11.8 Å². The van der Waals surface area contributed by atoms with Crippen molar-refractivity contribution >= 4 is 0 Å². The summed E-state index contributed by atoms with van der Waals surface area (Å²) >= 11 is 0. The molecule has 0 heteroatoms. The Bertz CT molecular complexity index is 550. The van der Waals surface area contributed by atoms with Gasteiger partial charge < -0.3 is 0 Å². The van der Waals surface area contributed by atoms with Crippen molar-refractivity contribution in [1.82, 2.24) is 0 Å². The molecule has 114 valence electrons. The molecule has 0 N–H and O–H groups in total. The van der Waals surface area contributed by atoms with Crippen molar-refractivity contribution in [3.05, 3.63) is 70.8 Å². The Hall–Kier alpha value is -2.00. The lowest BCUT2D eigenvalue weighted by Crippen LogP contribution is -1.85. The summed E-state index contributed by atoms with van der Waals surface area (Å²) in [5, 5.41) is 0. The molecule has 2 rings (SSSR count). The zero-order valence-corrected chi connectivity index (χ0v) is 13.9. The van der Waals surface area contributed by atoms with Crippen LogP contribution in [-0.4, -0.2) is 0 Å². The molecule has 2 aromatic carbocycles. The fraction of sp³-hybridized carbons (Fsp3) is 0.364. The van der Waals surface area contributed by atoms with Gasteiger partial charge in [-0.25, -0.2) is 0 Å². The van der Waals surface area contributed by atoms with Gasteiger partial charge in [0.05, 0.1) is 0 Å². The van der Waals surface area contributed by atoms with Crippen LogP contribution in [0.5, 0.6) is 0 Å². The Balaban J connectivity index is 1.97. The highest BCUT2D eigenvalue weighted by Gasteiger charge is 1.94. The Morgan fingerprint density at radius 1 is 0.591 bits per heavy atom. The molecule has 0 aliphatic carbocycles. The maximum atomic E-state index is 3.26. The molecule has 0 atom stereocenters. The van der Waals surface area contributed by atoms with E-state index in [4.69, 9.17) is 0 Å². The van der Waals surface area contributed by atoms with Crippen LogP contribution in [0.4, 0.5) is 0 Å². The predicted molar refractivity (Wildman–Crippen MR) is 96.1 cm³/mol. The summed E-state index contributed by atoms with van der Waals surface area (Å²) in [5.41, 5.74) is 5.01. The molecule has 2 aromatic rings. The van der Waals surface area contributed by atoms with Crippen molar-refractivity contribution in [2.45, 2.75) is 52.4 Å². The van der Waals surface area contributed by atoms with Gasteiger partial charge in [0.15, 0.2) is 0 Å². The van der Waals surface area contributed by atoms with E-state index in [2.05, 4.69) is 74.2 Å². The molecule has 0 aromatic heterocycles. The number of benzene rings is 2. The van der Waals surface area contributed by atoms with Crippen LogP contribution in [0.1, 0.15) is 61.8 Å². The van der Waals surface area contributed by atoms with Crippen molar-refractivity contribution in [3.8, 4) is 11.8 Å². The maximum Gasteiger partial charge on any atom is 0.0249 e. The fourth-order valence-electron chi connectivity index (χ4n) is 2.42. The summed E-state index contributed by atoms with van der Waals surface area (Å²) in [6.07, 6.45) is 7.35. The van der Waals surface area contributed by atoms with E-state index < -0.39 is 0 Å². The van der Waals surface area contributed by atoms with E-state index in [0.717, 1.165) is 11.1 Å². The largest absolute Gasteiger partial charge is 0.0654 e. The molecule has 0 radical (unpaired) electrons. The molecule has 0 aliphatic rings. The molecule has 0 spiro atoms. The summed E-state index contributed by atoms with van der Waals surface area (Å²) in [4.78, 5) is 0. The topological polar surface area (TPSA) is 0 Å². The van der Waals surface area contributed by atoms with Crippen LogP contribution in [0.3, 0.4) is 0 Å². The second-order valence-electron chi connectivity index (χ2n) is 5.85. The predicted octanol–water partition coefficient (Wildman–Crippen LogP) is 5.77. The number of unbranched alkanes of at least 4 members (excludes halogenated alkanes) is 2. The Morgan fingerprint density at radius 3 is 1.27 bits per heavy atom. The molecule has 0 heterocycles. The summed E-state index contributed by atoms with van der Waals surface area (Å²) in [6, 6.07) is 17.3. The SMILES string of the molecule is CCCCc1ccc(C#Cc2ccc(CCCC)cc2)cc1. The number of hydrogen-bond acceptors (Lipinski definition) is 0. The van der Waals surface area contributed by atoms with Gasteiger partial charge >= 0.3 is 0 Å². The van der Waals surface area contributed by atoms with E-state index >= 15 is 0 Å². The van der Waals surface area contributed by atoms with Crippen molar-refractivity contribution in [2.24, 2.45) is 0 Å². The minimum absolute atomic E-state index is 1.09. The monoisotopic (exact) mass is 290 g/mol. The fourth-order valence-corrected chi connectivity index (χ4v) is 2.42. The van der Waals surface area contributed by atoms with Crippen molar-refractivity contribution in [1.29, 1.82) is 0 Å². The van der Waals surface area contributed by atoms with Crippen LogP contribution < -0.4 is 0 Å². The zero-order valence-electron chi connectivity index (χ0n) is 13.9. The summed E-state index contributed by atoms with van der Waals surface area (Å²) in [5.74, 6) is 6.51. The minimum Gasteiger partial charge on any atom is -0.0654 e. The van der Waals surface area contributed by atoms with E-state index in [1.54, 1.807) is 0 Å². The van der Waals surface area contributed by atoms with Gasteiger partial charge in [-0.05, 0) is 61.1 Å². The van der Waals surface area contributed by atoms with E-state index in [-0.39, 0.29) is 0 Å². The summed E-state index contributed by atoms with van der Waals surface area (Å²) in [7, 11) is 0. The lowest BCUT2D eigenvalue weighted by Gasteiger charge is -2.00. The van der Waals surface area contributed by atoms with Gasteiger partial charge in [0, 0.05) is 11.1 Å². The highest BCUT2D eigenvalue weighted by atomic mass is 14.0. The van der Waals surface area contributed by atoms with Gasteiger partial charge in [0.25, 0.3) is 0 Å². The van der Waals surface area contributed by atoms with Gasteiger partial charge in [-0.2, -0.15) is 0 Å². The van der Waals surface area contributed by atoms with Crippen LogP contribution >= 0.6 is 0 Å². The van der Waals surface area contributed by atoms with Crippen LogP contribution in [0.2, 0.25) is 0 Å². The molecule has 22 heavy (non-hydrogen) atoms. The van der Waals surface area contributed by atoms with Gasteiger partial charge in [-0.1, -0.05) is 62.8 Å². The van der Waals surface area contributed by atoms with Crippen molar-refractivity contribution in [2.75, 3.05) is 0 Å². The summed E-state index contributed by atoms with van der Waals surface area (Å²) in [6.45, 7) is 4.46. The first-order valence-corrected chi connectivity index (χ1v) is 8.51. The van der Waals surface area contributed by atoms with Gasteiger partial charge in [-0.15, -0.1) is 0 Å². The third-order valence-corrected chi connectivity index (χ3v) is 3.90. The smallest absolute Gasteiger partial charge is 0.0249 e. The number of aryl methyl sites for hydroxylation is 2. The molecule has 0 unspecified atom stereocenters. The molecule has 0 saturated carbocycles. The van der Waals surface area contributed by atoms with E-state index in [1.807, 2.05) is 0 Å². The maximum absolute atomic E-state index is 3.26. The van der Waals surface area contributed by atoms with Crippen LogP contribution in [0.25, 0.3) is 0 Å². The van der Waals surface area contributed by atoms with E-state index in [1.165, 1.54) is 49.7 Å². The second-order valence-corrected chi connectivity index (χ2v) is 5.85. The van der Waals surface area contributed by atoms with Gasteiger partial charge in [0.1, 0.15) is 0 Å². The lowest BCUT2D eigenvalue weighted by molar-refractivity contribution is 0.795. The highest BCUT2D eigenvalue weighted by molar-refractivity contribution is 5.44. The van der Waals surface area contributed by atoms with Gasteiger partial charge in [0.2, 0.25) is 0 Å². The van der Waals surface area contributed by atoms with Crippen LogP contribution in [-0.2, 0) is 12.8 Å². The number of rotatable bonds is 6. The average molecular weight is 290 g/mol. The Kier molecular flexibility index (Phi) is 6.78. The first kappa shape index (κ1) is 16.4. The quantitative estimate of drug-likeness (QED) is 0.592. The summed E-state index contributed by atoms with van der Waals surface area (Å²) < 4.78 is 0. The molecule has 0 saturated heterocycles. The Labute approximate surface area is 135 Å². The van der Waals surface area contributed by atoms with E-state index in [0.29, 0.717) is 0 Å². The molecule has 0 nitrogen and oxygen atoms in total. The minimum atomic E-state index is 1.09. The zero-order chi connectivity index (χ0) is 15.6. The molecule has 0 fully saturated rings.